The number of aliphatic carboxylic acids is 1. The summed E-state index contributed by atoms with van der Waals surface area (Å²) >= 11 is 1.75. The van der Waals surface area contributed by atoms with Gasteiger partial charge in [0, 0.05) is 28.8 Å². The average molecular weight is 355 g/mol. The zero-order chi connectivity index (χ0) is 18.0. The van der Waals surface area contributed by atoms with Gasteiger partial charge in [-0.05, 0) is 35.4 Å². The third kappa shape index (κ3) is 3.87. The maximum atomic E-state index is 12.8. The van der Waals surface area contributed by atoms with Crippen molar-refractivity contribution in [1.29, 1.82) is 0 Å². The highest BCUT2D eigenvalue weighted by Gasteiger charge is 2.32. The first-order valence-electron chi connectivity index (χ1n) is 8.32. The van der Waals surface area contributed by atoms with E-state index in [4.69, 9.17) is 0 Å². The number of rotatable bonds is 4. The summed E-state index contributed by atoms with van der Waals surface area (Å²) in [4.78, 5) is 27.2. The highest BCUT2D eigenvalue weighted by molar-refractivity contribution is 7.99. The van der Waals surface area contributed by atoms with Crippen LogP contribution in [0.25, 0.3) is 0 Å². The number of hydrogen-bond acceptors (Lipinski definition) is 3. The van der Waals surface area contributed by atoms with Crippen LogP contribution in [0.3, 0.4) is 0 Å². The van der Waals surface area contributed by atoms with Crippen molar-refractivity contribution in [2.45, 2.75) is 36.5 Å². The van der Waals surface area contributed by atoms with Gasteiger partial charge in [-0.2, -0.15) is 0 Å². The lowest BCUT2D eigenvalue weighted by Gasteiger charge is -2.33. The molecule has 4 nitrogen and oxygen atoms in total. The second-order valence-corrected chi connectivity index (χ2v) is 8.12. The smallest absolute Gasteiger partial charge is 0.312 e. The lowest BCUT2D eigenvalue weighted by Crippen LogP contribution is -2.40. The number of nitrogens with zero attached hydrogens (tertiary/aromatic N) is 1. The van der Waals surface area contributed by atoms with Crippen molar-refractivity contribution in [3.8, 4) is 0 Å². The number of carboxylic acid groups (broad SMARTS) is 1. The van der Waals surface area contributed by atoms with Crippen LogP contribution in [0.5, 0.6) is 0 Å². The Morgan fingerprint density at radius 2 is 1.80 bits per heavy atom. The van der Waals surface area contributed by atoms with Gasteiger partial charge >= 0.3 is 5.97 Å². The summed E-state index contributed by atoms with van der Waals surface area (Å²) in [6.45, 7) is 4.90. The number of amides is 1. The van der Waals surface area contributed by atoms with Crippen LogP contribution in [0.2, 0.25) is 0 Å². The molecule has 25 heavy (non-hydrogen) atoms. The van der Waals surface area contributed by atoms with Gasteiger partial charge in [0.2, 0.25) is 0 Å². The minimum absolute atomic E-state index is 0.123. The van der Waals surface area contributed by atoms with Gasteiger partial charge in [0.15, 0.2) is 0 Å². The van der Waals surface area contributed by atoms with Crippen molar-refractivity contribution < 1.29 is 14.7 Å². The lowest BCUT2D eigenvalue weighted by atomic mass is 9.89. The van der Waals surface area contributed by atoms with E-state index in [2.05, 4.69) is 13.8 Å². The largest absolute Gasteiger partial charge is 0.481 e. The Kier molecular flexibility index (Phi) is 5.13. The first-order chi connectivity index (χ1) is 12.0. The second-order valence-electron chi connectivity index (χ2n) is 6.47. The standard InChI is InChI=1S/C20H21NO3S/c1-13(2)25-16-9-7-14(8-10-16)19(22)21-11-15-5-3-4-6-17(15)18(12-21)20(23)24/h3-10,13,18H,11-12H2,1-2H3,(H,23,24). The van der Waals surface area contributed by atoms with E-state index in [1.54, 1.807) is 16.7 Å². The van der Waals surface area contributed by atoms with E-state index in [0.717, 1.165) is 16.0 Å². The van der Waals surface area contributed by atoms with Crippen LogP contribution in [-0.2, 0) is 11.3 Å². The van der Waals surface area contributed by atoms with Gasteiger partial charge in [-0.3, -0.25) is 9.59 Å². The molecule has 1 atom stereocenters. The fraction of sp³-hybridized carbons (Fsp3) is 0.300. The highest BCUT2D eigenvalue weighted by atomic mass is 32.2. The van der Waals surface area contributed by atoms with E-state index in [9.17, 15) is 14.7 Å². The van der Waals surface area contributed by atoms with Crippen molar-refractivity contribution in [2.75, 3.05) is 6.54 Å². The van der Waals surface area contributed by atoms with E-state index in [1.807, 2.05) is 48.5 Å². The fourth-order valence-corrected chi connectivity index (χ4v) is 3.94. The third-order valence-electron chi connectivity index (χ3n) is 4.25. The van der Waals surface area contributed by atoms with E-state index < -0.39 is 11.9 Å². The van der Waals surface area contributed by atoms with Crippen molar-refractivity contribution in [3.05, 3.63) is 65.2 Å². The summed E-state index contributed by atoms with van der Waals surface area (Å²) < 4.78 is 0. The zero-order valence-corrected chi connectivity index (χ0v) is 15.1. The number of fused-ring (bicyclic) bond motifs is 1. The number of hydrogen-bond donors (Lipinski definition) is 1. The summed E-state index contributed by atoms with van der Waals surface area (Å²) in [7, 11) is 0. The highest BCUT2D eigenvalue weighted by Crippen LogP contribution is 2.30. The monoisotopic (exact) mass is 355 g/mol. The maximum Gasteiger partial charge on any atom is 0.312 e. The van der Waals surface area contributed by atoms with Crippen molar-refractivity contribution in [1.82, 2.24) is 4.90 Å². The van der Waals surface area contributed by atoms with Gasteiger partial charge in [-0.15, -0.1) is 11.8 Å². The van der Waals surface area contributed by atoms with E-state index in [1.165, 1.54) is 0 Å². The molecule has 0 radical (unpaired) electrons. The molecular formula is C20H21NO3S. The van der Waals surface area contributed by atoms with Crippen LogP contribution in [0.4, 0.5) is 0 Å². The minimum Gasteiger partial charge on any atom is -0.481 e. The maximum absolute atomic E-state index is 12.8. The van der Waals surface area contributed by atoms with Crippen LogP contribution in [-0.4, -0.2) is 33.7 Å². The first kappa shape index (κ1) is 17.5. The quantitative estimate of drug-likeness (QED) is 0.842. The predicted octanol–water partition coefficient (Wildman–Crippen LogP) is 4.01. The molecule has 2 aromatic rings. The molecule has 0 fully saturated rings. The van der Waals surface area contributed by atoms with Gasteiger partial charge in [-0.25, -0.2) is 0 Å². The molecule has 0 saturated heterocycles. The molecular weight excluding hydrogens is 334 g/mol. The number of carbonyl (C=O) groups is 2. The topological polar surface area (TPSA) is 57.6 Å². The van der Waals surface area contributed by atoms with Crippen LogP contribution in [0.15, 0.2) is 53.4 Å². The average Bonchev–Trinajstić information content (AvgIpc) is 2.60. The van der Waals surface area contributed by atoms with Crippen LogP contribution >= 0.6 is 11.8 Å². The lowest BCUT2D eigenvalue weighted by molar-refractivity contribution is -0.139. The van der Waals surface area contributed by atoms with Gasteiger partial charge in [0.05, 0.1) is 5.92 Å². The van der Waals surface area contributed by atoms with Gasteiger partial charge in [-0.1, -0.05) is 38.1 Å². The Bertz CT molecular complexity index is 786. The molecule has 1 heterocycles. The zero-order valence-electron chi connectivity index (χ0n) is 14.3. The van der Waals surface area contributed by atoms with Gasteiger partial charge in [0.1, 0.15) is 0 Å². The summed E-state index contributed by atoms with van der Waals surface area (Å²) in [5, 5.41) is 10.0. The molecule has 1 aliphatic heterocycles. The molecule has 2 aromatic carbocycles. The molecule has 0 spiro atoms. The molecule has 1 aliphatic rings. The number of carboxylic acids is 1. The summed E-state index contributed by atoms with van der Waals surface area (Å²) in [6, 6.07) is 15.0. The Morgan fingerprint density at radius 3 is 2.44 bits per heavy atom. The van der Waals surface area contributed by atoms with Crippen LogP contribution in [0, 0.1) is 0 Å². The minimum atomic E-state index is -0.895. The normalized spacial score (nSPS) is 16.6. The first-order valence-corrected chi connectivity index (χ1v) is 9.20. The van der Waals surface area contributed by atoms with Crippen molar-refractivity contribution in [3.63, 3.8) is 0 Å². The summed E-state index contributed by atoms with van der Waals surface area (Å²) in [5.74, 6) is -1.69. The molecule has 3 rings (SSSR count). The second kappa shape index (κ2) is 7.31. The molecule has 130 valence electrons. The van der Waals surface area contributed by atoms with Crippen molar-refractivity contribution in [2.24, 2.45) is 0 Å². The molecule has 0 aromatic heterocycles. The SMILES string of the molecule is CC(C)Sc1ccc(C(=O)N2Cc3ccccc3C(C(=O)O)C2)cc1. The number of benzene rings is 2. The molecule has 5 heteroatoms. The molecule has 0 bridgehead atoms. The third-order valence-corrected chi connectivity index (χ3v) is 5.27. The Hall–Kier alpha value is -2.27. The van der Waals surface area contributed by atoms with Crippen LogP contribution in [0.1, 0.15) is 41.3 Å². The number of carbonyl (C=O) groups excluding carboxylic acids is 1. The van der Waals surface area contributed by atoms with Gasteiger partial charge < -0.3 is 10.0 Å². The van der Waals surface area contributed by atoms with Crippen molar-refractivity contribution >= 4 is 23.6 Å². The number of thioether (sulfide) groups is 1. The fourth-order valence-electron chi connectivity index (χ4n) is 3.10. The molecule has 0 saturated carbocycles. The Balaban J connectivity index is 1.82. The predicted molar refractivity (Wildman–Crippen MR) is 99.0 cm³/mol. The Morgan fingerprint density at radius 1 is 1.12 bits per heavy atom. The van der Waals surface area contributed by atoms with E-state index >= 15 is 0 Å². The molecule has 0 aliphatic carbocycles. The van der Waals surface area contributed by atoms with Gasteiger partial charge in [0.25, 0.3) is 5.91 Å². The molecule has 1 unspecified atom stereocenters. The summed E-state index contributed by atoms with van der Waals surface area (Å²) in [6.07, 6.45) is 0. The van der Waals surface area contributed by atoms with E-state index in [-0.39, 0.29) is 12.5 Å². The molecule has 1 amide bonds. The van der Waals surface area contributed by atoms with E-state index in [0.29, 0.717) is 17.4 Å². The summed E-state index contributed by atoms with van der Waals surface area (Å²) in [5.41, 5.74) is 2.31. The molecule has 1 N–H and O–H groups in total. The Labute approximate surface area is 151 Å². The van der Waals surface area contributed by atoms with Crippen LogP contribution < -0.4 is 0 Å².